The molecule has 1 aromatic rings. The van der Waals surface area contributed by atoms with E-state index in [4.69, 9.17) is 5.73 Å². The second-order valence-electron chi connectivity index (χ2n) is 4.77. The predicted molar refractivity (Wildman–Crippen MR) is 86.4 cm³/mol. The summed E-state index contributed by atoms with van der Waals surface area (Å²) in [5.74, 6) is 1.75. The van der Waals surface area contributed by atoms with Crippen LogP contribution in [0.3, 0.4) is 0 Å². The van der Waals surface area contributed by atoms with E-state index < -0.39 is 10.0 Å². The molecule has 20 heavy (non-hydrogen) atoms. The fourth-order valence-corrected chi connectivity index (χ4v) is 3.89. The van der Waals surface area contributed by atoms with Gasteiger partial charge in [-0.3, -0.25) is 0 Å². The van der Waals surface area contributed by atoms with E-state index in [1.807, 2.05) is 19.9 Å². The lowest BCUT2D eigenvalue weighted by Gasteiger charge is -2.15. The van der Waals surface area contributed by atoms with E-state index in [2.05, 4.69) is 11.6 Å². The van der Waals surface area contributed by atoms with Gasteiger partial charge in [-0.05, 0) is 36.8 Å². The largest absolute Gasteiger partial charge is 0.324 e. The summed E-state index contributed by atoms with van der Waals surface area (Å²) in [6.45, 7) is 5.91. The molecule has 0 saturated heterocycles. The van der Waals surface area contributed by atoms with Crippen LogP contribution < -0.4 is 10.5 Å². The summed E-state index contributed by atoms with van der Waals surface area (Å²) >= 11 is 1.72. The molecule has 0 aliphatic rings. The Morgan fingerprint density at radius 1 is 1.35 bits per heavy atom. The van der Waals surface area contributed by atoms with Crippen LogP contribution in [0.5, 0.6) is 0 Å². The molecule has 6 heteroatoms. The van der Waals surface area contributed by atoms with Crippen LogP contribution in [0, 0.1) is 0 Å². The summed E-state index contributed by atoms with van der Waals surface area (Å²) in [4.78, 5) is 0.284. The Morgan fingerprint density at radius 2 is 2.05 bits per heavy atom. The quantitative estimate of drug-likeness (QED) is 0.773. The van der Waals surface area contributed by atoms with Crippen LogP contribution in [0.25, 0.3) is 0 Å². The summed E-state index contributed by atoms with van der Waals surface area (Å²) in [6.07, 6.45) is 0.778. The van der Waals surface area contributed by atoms with E-state index in [1.165, 1.54) is 0 Å². The lowest BCUT2D eigenvalue weighted by Crippen LogP contribution is -2.34. The Hall–Kier alpha value is -0.560. The molecule has 0 fully saturated rings. The second kappa shape index (κ2) is 8.02. The van der Waals surface area contributed by atoms with E-state index in [9.17, 15) is 8.42 Å². The average molecular weight is 316 g/mol. The maximum absolute atomic E-state index is 12.3. The molecule has 4 nitrogen and oxygen atoms in total. The van der Waals surface area contributed by atoms with Gasteiger partial charge in [0.05, 0.1) is 4.90 Å². The molecule has 2 atom stereocenters. The van der Waals surface area contributed by atoms with Gasteiger partial charge in [0.25, 0.3) is 0 Å². The molecule has 2 unspecified atom stereocenters. The van der Waals surface area contributed by atoms with Gasteiger partial charge in [0.2, 0.25) is 10.0 Å². The molecule has 0 saturated carbocycles. The van der Waals surface area contributed by atoms with Crippen molar-refractivity contribution in [2.24, 2.45) is 5.73 Å². The predicted octanol–water partition coefficient (Wildman–Crippen LogP) is 2.52. The molecular weight excluding hydrogens is 292 g/mol. The van der Waals surface area contributed by atoms with Crippen molar-refractivity contribution < 1.29 is 8.42 Å². The molecule has 1 aromatic carbocycles. The van der Waals surface area contributed by atoms with Crippen LogP contribution in [-0.2, 0) is 10.0 Å². The molecule has 0 amide bonds. The van der Waals surface area contributed by atoms with E-state index in [0.29, 0.717) is 0 Å². The highest BCUT2D eigenvalue weighted by Gasteiger charge is 2.18. The van der Waals surface area contributed by atoms with Gasteiger partial charge < -0.3 is 5.73 Å². The maximum Gasteiger partial charge on any atom is 0.240 e. The molecule has 0 heterocycles. The van der Waals surface area contributed by atoms with Crippen molar-refractivity contribution in [1.29, 1.82) is 0 Å². The third kappa shape index (κ3) is 5.09. The van der Waals surface area contributed by atoms with Crippen LogP contribution >= 0.6 is 11.8 Å². The van der Waals surface area contributed by atoms with Crippen molar-refractivity contribution in [3.63, 3.8) is 0 Å². The zero-order valence-corrected chi connectivity index (χ0v) is 13.9. The highest BCUT2D eigenvalue weighted by molar-refractivity contribution is 7.99. The molecule has 0 radical (unpaired) electrons. The lowest BCUT2D eigenvalue weighted by molar-refractivity contribution is 0.570. The number of hydrogen-bond donors (Lipinski definition) is 2. The molecule has 1 rings (SSSR count). The Bertz CT molecular complexity index is 518. The van der Waals surface area contributed by atoms with Crippen molar-refractivity contribution >= 4 is 21.8 Å². The first-order valence-electron chi connectivity index (χ1n) is 6.86. The number of benzene rings is 1. The first-order valence-corrected chi connectivity index (χ1v) is 9.50. The van der Waals surface area contributed by atoms with Gasteiger partial charge in [0.15, 0.2) is 0 Å². The monoisotopic (exact) mass is 316 g/mol. The topological polar surface area (TPSA) is 72.2 Å². The third-order valence-electron chi connectivity index (χ3n) is 2.96. The minimum atomic E-state index is -3.47. The van der Waals surface area contributed by atoms with Crippen molar-refractivity contribution in [2.45, 2.75) is 44.2 Å². The Labute approximate surface area is 126 Å². The molecular formula is C14H24N2O2S2. The molecule has 114 valence electrons. The standard InChI is InChI=1S/C14H24N2O2S2/c1-4-14(15)12-7-6-8-13(9-12)20(17,18)16-11(3)10-19-5-2/h6-9,11,14,16H,4-5,10,15H2,1-3H3. The highest BCUT2D eigenvalue weighted by atomic mass is 32.2. The van der Waals surface area contributed by atoms with Crippen molar-refractivity contribution in [3.05, 3.63) is 29.8 Å². The van der Waals surface area contributed by atoms with E-state index in [1.54, 1.807) is 30.0 Å². The van der Waals surface area contributed by atoms with Crippen LogP contribution in [0.1, 0.15) is 38.8 Å². The number of sulfonamides is 1. The SMILES string of the molecule is CCSCC(C)NS(=O)(=O)c1cccc(C(N)CC)c1. The Balaban J connectivity index is 2.87. The fourth-order valence-electron chi connectivity index (χ4n) is 1.81. The first-order chi connectivity index (χ1) is 9.40. The van der Waals surface area contributed by atoms with Gasteiger partial charge in [-0.15, -0.1) is 0 Å². The van der Waals surface area contributed by atoms with Gasteiger partial charge in [0, 0.05) is 17.8 Å². The van der Waals surface area contributed by atoms with Crippen molar-refractivity contribution in [2.75, 3.05) is 11.5 Å². The molecule has 0 spiro atoms. The van der Waals surface area contributed by atoms with Gasteiger partial charge in [-0.1, -0.05) is 26.0 Å². The van der Waals surface area contributed by atoms with Crippen LogP contribution in [0.2, 0.25) is 0 Å². The van der Waals surface area contributed by atoms with Crippen molar-refractivity contribution in [1.82, 2.24) is 4.72 Å². The van der Waals surface area contributed by atoms with Gasteiger partial charge in [0.1, 0.15) is 0 Å². The van der Waals surface area contributed by atoms with Crippen LogP contribution in [0.4, 0.5) is 0 Å². The zero-order valence-electron chi connectivity index (χ0n) is 12.3. The second-order valence-corrected chi connectivity index (χ2v) is 7.80. The number of nitrogens with one attached hydrogen (secondary N) is 1. The average Bonchev–Trinajstić information content (AvgIpc) is 2.44. The molecule has 0 aliphatic heterocycles. The summed E-state index contributed by atoms with van der Waals surface area (Å²) in [6, 6.07) is 6.66. The number of rotatable bonds is 8. The zero-order chi connectivity index (χ0) is 15.2. The summed E-state index contributed by atoms with van der Waals surface area (Å²) < 4.78 is 27.3. The van der Waals surface area contributed by atoms with E-state index >= 15 is 0 Å². The third-order valence-corrected chi connectivity index (χ3v) is 5.70. The van der Waals surface area contributed by atoms with E-state index in [-0.39, 0.29) is 17.0 Å². The number of nitrogens with two attached hydrogens (primary N) is 1. The highest BCUT2D eigenvalue weighted by Crippen LogP contribution is 2.18. The lowest BCUT2D eigenvalue weighted by atomic mass is 10.1. The van der Waals surface area contributed by atoms with E-state index in [0.717, 1.165) is 23.5 Å². The van der Waals surface area contributed by atoms with Gasteiger partial charge in [-0.25, -0.2) is 13.1 Å². The number of hydrogen-bond acceptors (Lipinski definition) is 4. The molecule has 0 bridgehead atoms. The Morgan fingerprint density at radius 3 is 2.65 bits per heavy atom. The normalized spacial score (nSPS) is 15.0. The minimum Gasteiger partial charge on any atom is -0.324 e. The maximum atomic E-state index is 12.3. The van der Waals surface area contributed by atoms with Gasteiger partial charge in [-0.2, -0.15) is 11.8 Å². The summed E-state index contributed by atoms with van der Waals surface area (Å²) in [5.41, 5.74) is 6.81. The Kier molecular flexibility index (Phi) is 7.02. The summed E-state index contributed by atoms with van der Waals surface area (Å²) in [7, 11) is -3.47. The first kappa shape index (κ1) is 17.5. The molecule has 0 aliphatic carbocycles. The van der Waals surface area contributed by atoms with Crippen LogP contribution in [-0.4, -0.2) is 26.0 Å². The number of thioether (sulfide) groups is 1. The van der Waals surface area contributed by atoms with Gasteiger partial charge >= 0.3 is 0 Å². The van der Waals surface area contributed by atoms with Crippen LogP contribution in [0.15, 0.2) is 29.2 Å². The molecule has 3 N–H and O–H groups in total. The minimum absolute atomic E-state index is 0.0894. The smallest absolute Gasteiger partial charge is 0.240 e. The molecule has 0 aromatic heterocycles. The summed E-state index contributed by atoms with van der Waals surface area (Å²) in [5, 5.41) is 0. The fraction of sp³-hybridized carbons (Fsp3) is 0.571. The van der Waals surface area contributed by atoms with Crippen molar-refractivity contribution in [3.8, 4) is 0 Å².